The molecule has 0 bridgehead atoms. The second-order valence-electron chi connectivity index (χ2n) is 2.71. The summed E-state index contributed by atoms with van der Waals surface area (Å²) in [7, 11) is 0. The van der Waals surface area contributed by atoms with Crippen LogP contribution in [0.25, 0.3) is 0 Å². The summed E-state index contributed by atoms with van der Waals surface area (Å²) < 4.78 is 0. The fourth-order valence-corrected chi connectivity index (χ4v) is 2.39. The van der Waals surface area contributed by atoms with E-state index in [0.29, 0.717) is 6.42 Å². The lowest BCUT2D eigenvalue weighted by Gasteiger charge is -2.44. The first-order valence-electron chi connectivity index (χ1n) is 3.56. The molecule has 12 heavy (non-hydrogen) atoms. The second kappa shape index (κ2) is 2.52. The average Bonchev–Trinajstić information content (AvgIpc) is 2.01. The van der Waals surface area contributed by atoms with Gasteiger partial charge < -0.3 is 10.0 Å². The Bertz CT molecular complexity index is 276. The van der Waals surface area contributed by atoms with E-state index in [9.17, 15) is 9.59 Å². The number of amides is 1. The molecule has 1 fully saturated rings. The lowest BCUT2D eigenvalue weighted by atomic mass is 10.1. The zero-order chi connectivity index (χ0) is 8.72. The van der Waals surface area contributed by atoms with Crippen molar-refractivity contribution in [3.8, 4) is 0 Å². The monoisotopic (exact) mass is 185 g/mol. The van der Waals surface area contributed by atoms with Crippen molar-refractivity contribution in [2.75, 3.05) is 0 Å². The molecular weight excluding hydrogens is 178 g/mol. The van der Waals surface area contributed by atoms with Gasteiger partial charge in [0.1, 0.15) is 6.04 Å². The van der Waals surface area contributed by atoms with Gasteiger partial charge in [-0.25, -0.2) is 4.79 Å². The highest BCUT2D eigenvalue weighted by molar-refractivity contribution is 8.02. The molecule has 0 aromatic heterocycles. The van der Waals surface area contributed by atoms with Crippen LogP contribution in [0.1, 0.15) is 6.42 Å². The van der Waals surface area contributed by atoms with Gasteiger partial charge in [-0.2, -0.15) is 0 Å². The molecule has 0 aromatic carbocycles. The summed E-state index contributed by atoms with van der Waals surface area (Å²) in [5.74, 6) is -1.02. The van der Waals surface area contributed by atoms with E-state index in [4.69, 9.17) is 5.11 Å². The van der Waals surface area contributed by atoms with Gasteiger partial charge >= 0.3 is 5.97 Å². The predicted octanol–water partition coefficient (Wildman–Crippen LogP) is 0.259. The van der Waals surface area contributed by atoms with Gasteiger partial charge in [0.25, 0.3) is 0 Å². The molecule has 2 rings (SSSR count). The zero-order valence-corrected chi connectivity index (χ0v) is 6.95. The Labute approximate surface area is 73.2 Å². The molecule has 0 radical (unpaired) electrons. The maximum atomic E-state index is 11.0. The fourth-order valence-electron chi connectivity index (χ4n) is 1.35. The van der Waals surface area contributed by atoms with Gasteiger partial charge in [0, 0.05) is 0 Å². The Morgan fingerprint density at radius 1 is 1.75 bits per heavy atom. The molecule has 1 amide bonds. The highest BCUT2D eigenvalue weighted by atomic mass is 32.2. The van der Waals surface area contributed by atoms with Crippen LogP contribution in [0, 0.1) is 0 Å². The number of thioether (sulfide) groups is 1. The Morgan fingerprint density at radius 2 is 2.50 bits per heavy atom. The number of aliphatic carboxylic acids is 1. The molecule has 2 atom stereocenters. The van der Waals surface area contributed by atoms with E-state index in [0.717, 1.165) is 0 Å². The van der Waals surface area contributed by atoms with Crippen molar-refractivity contribution in [3.05, 3.63) is 11.5 Å². The molecule has 5 heteroatoms. The molecule has 0 aliphatic carbocycles. The maximum absolute atomic E-state index is 11.0. The third kappa shape index (κ3) is 0.929. The summed E-state index contributed by atoms with van der Waals surface area (Å²) >= 11 is 1.50. The molecule has 64 valence electrons. The van der Waals surface area contributed by atoms with Crippen LogP contribution in [0.2, 0.25) is 0 Å². The van der Waals surface area contributed by atoms with E-state index in [1.54, 1.807) is 11.5 Å². The van der Waals surface area contributed by atoms with Crippen molar-refractivity contribution in [2.45, 2.75) is 17.8 Å². The van der Waals surface area contributed by atoms with Gasteiger partial charge in [0.2, 0.25) is 5.91 Å². The van der Waals surface area contributed by atoms with Gasteiger partial charge in [0.05, 0.1) is 11.8 Å². The summed E-state index contributed by atoms with van der Waals surface area (Å²) in [5.41, 5.74) is 0. The molecule has 1 N–H and O–H groups in total. The summed E-state index contributed by atoms with van der Waals surface area (Å²) in [6.07, 6.45) is 2.01. The summed E-state index contributed by atoms with van der Waals surface area (Å²) in [4.78, 5) is 23.0. The third-order valence-electron chi connectivity index (χ3n) is 2.00. The molecule has 1 saturated heterocycles. The van der Waals surface area contributed by atoms with E-state index in [2.05, 4.69) is 0 Å². The van der Waals surface area contributed by atoms with Crippen LogP contribution < -0.4 is 0 Å². The van der Waals surface area contributed by atoms with E-state index in [1.165, 1.54) is 16.7 Å². The smallest absolute Gasteiger partial charge is 0.330 e. The van der Waals surface area contributed by atoms with Crippen LogP contribution in [-0.4, -0.2) is 33.3 Å². The van der Waals surface area contributed by atoms with Gasteiger partial charge in [-0.3, -0.25) is 4.79 Å². The van der Waals surface area contributed by atoms with E-state index < -0.39 is 12.0 Å². The Morgan fingerprint density at radius 3 is 3.00 bits per heavy atom. The zero-order valence-electron chi connectivity index (χ0n) is 6.14. The highest BCUT2D eigenvalue weighted by Crippen LogP contribution is 2.36. The van der Waals surface area contributed by atoms with Crippen molar-refractivity contribution in [1.82, 2.24) is 4.90 Å². The van der Waals surface area contributed by atoms with E-state index in [1.807, 2.05) is 0 Å². The van der Waals surface area contributed by atoms with E-state index >= 15 is 0 Å². The van der Waals surface area contributed by atoms with Crippen molar-refractivity contribution in [2.24, 2.45) is 0 Å². The average molecular weight is 185 g/mol. The number of carbonyl (C=O) groups is 2. The van der Waals surface area contributed by atoms with Crippen LogP contribution >= 0.6 is 11.8 Å². The molecule has 0 spiro atoms. The number of fused-ring (bicyclic) bond motifs is 1. The van der Waals surface area contributed by atoms with Crippen molar-refractivity contribution >= 4 is 23.6 Å². The molecule has 2 aliphatic heterocycles. The number of β-lactam (4-membered cyclic amide) rings is 1. The van der Waals surface area contributed by atoms with Gasteiger partial charge in [0.15, 0.2) is 0 Å². The number of carboxylic acids is 1. The Kier molecular flexibility index (Phi) is 1.61. The molecule has 2 heterocycles. The largest absolute Gasteiger partial charge is 0.479 e. The molecule has 2 aliphatic rings. The number of carbonyl (C=O) groups excluding carboxylic acids is 1. The van der Waals surface area contributed by atoms with Gasteiger partial charge in [-0.15, -0.1) is 11.8 Å². The Balaban J connectivity index is 2.22. The Hall–Kier alpha value is -0.970. The van der Waals surface area contributed by atoms with Crippen LogP contribution in [-0.2, 0) is 9.59 Å². The number of rotatable bonds is 1. The predicted molar refractivity (Wildman–Crippen MR) is 43.4 cm³/mol. The first-order chi connectivity index (χ1) is 5.70. The summed E-state index contributed by atoms with van der Waals surface area (Å²) in [6.45, 7) is 0. The van der Waals surface area contributed by atoms with E-state index in [-0.39, 0.29) is 11.3 Å². The molecule has 0 aromatic rings. The molecule has 4 nitrogen and oxygen atoms in total. The number of nitrogens with zero attached hydrogens (tertiary/aromatic N) is 1. The van der Waals surface area contributed by atoms with Crippen LogP contribution in [0.5, 0.6) is 0 Å². The number of hydrogen-bond donors (Lipinski definition) is 1. The summed E-state index contributed by atoms with van der Waals surface area (Å²) in [6, 6.07) is -0.738. The first kappa shape index (κ1) is 7.67. The lowest BCUT2D eigenvalue weighted by Crippen LogP contribution is -2.58. The van der Waals surface area contributed by atoms with Crippen molar-refractivity contribution < 1.29 is 14.7 Å². The van der Waals surface area contributed by atoms with Crippen LogP contribution in [0.3, 0.4) is 0 Å². The van der Waals surface area contributed by atoms with Gasteiger partial charge in [-0.1, -0.05) is 0 Å². The quantitative estimate of drug-likeness (QED) is 0.595. The van der Waals surface area contributed by atoms with Crippen molar-refractivity contribution in [1.29, 1.82) is 0 Å². The van der Waals surface area contributed by atoms with Crippen LogP contribution in [0.15, 0.2) is 11.5 Å². The molecular formula is C7H7NO3S. The number of hydrogen-bond acceptors (Lipinski definition) is 3. The standard InChI is InChI=1S/C7H7NO3S/c9-5-3-6-8(5)4(7(10)11)1-2-12-6/h1-2,4,6H,3H2,(H,10,11). The topological polar surface area (TPSA) is 57.6 Å². The summed E-state index contributed by atoms with van der Waals surface area (Å²) in [5, 5.41) is 10.5. The maximum Gasteiger partial charge on any atom is 0.330 e. The minimum Gasteiger partial charge on any atom is -0.479 e. The SMILES string of the molecule is O=C(O)C1C=CSC2CC(=O)N21. The third-order valence-corrected chi connectivity index (χ3v) is 3.02. The molecule has 2 unspecified atom stereocenters. The van der Waals surface area contributed by atoms with Crippen LogP contribution in [0.4, 0.5) is 0 Å². The highest BCUT2D eigenvalue weighted by Gasteiger charge is 2.44. The first-order valence-corrected chi connectivity index (χ1v) is 4.50. The number of carboxylic acid groups (broad SMARTS) is 1. The minimum absolute atomic E-state index is 0.0589. The lowest BCUT2D eigenvalue weighted by molar-refractivity contribution is -0.155. The van der Waals surface area contributed by atoms with Gasteiger partial charge in [-0.05, 0) is 11.5 Å². The second-order valence-corrected chi connectivity index (χ2v) is 3.80. The minimum atomic E-state index is -0.954. The fraction of sp³-hybridized carbons (Fsp3) is 0.429. The normalized spacial score (nSPS) is 32.7. The van der Waals surface area contributed by atoms with Crippen molar-refractivity contribution in [3.63, 3.8) is 0 Å². The molecule has 0 saturated carbocycles.